The van der Waals surface area contributed by atoms with E-state index in [9.17, 15) is 0 Å². The molecule has 6 heteroatoms. The molecule has 0 bridgehead atoms. The Kier molecular flexibility index (Phi) is 2.84. The van der Waals surface area contributed by atoms with Gasteiger partial charge in [0.15, 0.2) is 5.82 Å². The fourth-order valence-electron chi connectivity index (χ4n) is 2.37. The maximum Gasteiger partial charge on any atom is 0.196 e. The quantitative estimate of drug-likeness (QED) is 0.888. The van der Waals surface area contributed by atoms with Gasteiger partial charge < -0.3 is 9.64 Å². The lowest BCUT2D eigenvalue weighted by Crippen LogP contribution is -2.36. The third-order valence-electron chi connectivity index (χ3n) is 3.19. The first-order valence-electron chi connectivity index (χ1n) is 6.12. The van der Waals surface area contributed by atoms with Crippen LogP contribution in [0.1, 0.15) is 25.2 Å². The molecule has 0 radical (unpaired) electrons. The van der Waals surface area contributed by atoms with Crippen molar-refractivity contribution in [2.75, 3.05) is 18.1 Å². The number of hydrogen-bond acceptors (Lipinski definition) is 5. The molecule has 0 fully saturated rings. The Labute approximate surface area is 105 Å². The van der Waals surface area contributed by atoms with Crippen molar-refractivity contribution in [3.8, 4) is 5.75 Å². The van der Waals surface area contributed by atoms with Crippen LogP contribution in [0, 0.1) is 0 Å². The highest BCUT2D eigenvalue weighted by Crippen LogP contribution is 2.36. The van der Waals surface area contributed by atoms with Crippen molar-refractivity contribution < 1.29 is 4.74 Å². The van der Waals surface area contributed by atoms with Gasteiger partial charge in [-0.05, 0) is 18.6 Å². The average molecular weight is 245 g/mol. The number of aromatic nitrogens is 4. The molecule has 1 aliphatic heterocycles. The number of nitrogens with zero attached hydrogens (tertiary/aromatic N) is 4. The van der Waals surface area contributed by atoms with Crippen LogP contribution in [0.2, 0.25) is 0 Å². The molecule has 1 aliphatic rings. The fourth-order valence-corrected chi connectivity index (χ4v) is 2.37. The van der Waals surface area contributed by atoms with E-state index >= 15 is 0 Å². The molecule has 94 valence electrons. The van der Waals surface area contributed by atoms with E-state index in [4.69, 9.17) is 4.74 Å². The Bertz CT molecular complexity index is 513. The standard InChI is InChI=1S/C12H15N5O/c1-2-9(12-13-15-16-14-12)17-7-8-18-11-6-4-3-5-10(11)17/h3-6,9H,2,7-8H2,1H3,(H,13,14,15,16). The molecule has 1 aromatic carbocycles. The van der Waals surface area contributed by atoms with E-state index in [0.717, 1.165) is 30.2 Å². The van der Waals surface area contributed by atoms with E-state index in [2.05, 4.69) is 38.5 Å². The first-order chi connectivity index (χ1) is 8.90. The Morgan fingerprint density at radius 3 is 3.11 bits per heavy atom. The molecular weight excluding hydrogens is 230 g/mol. The lowest BCUT2D eigenvalue weighted by Gasteiger charge is -2.35. The Morgan fingerprint density at radius 2 is 2.33 bits per heavy atom. The van der Waals surface area contributed by atoms with Crippen molar-refractivity contribution in [3.63, 3.8) is 0 Å². The molecule has 18 heavy (non-hydrogen) atoms. The molecule has 0 aliphatic carbocycles. The average Bonchev–Trinajstić information content (AvgIpc) is 2.94. The van der Waals surface area contributed by atoms with Crippen molar-refractivity contribution in [2.24, 2.45) is 0 Å². The van der Waals surface area contributed by atoms with E-state index in [0.29, 0.717) is 6.61 Å². The summed E-state index contributed by atoms with van der Waals surface area (Å²) < 4.78 is 5.66. The number of nitrogens with one attached hydrogen (secondary N) is 1. The summed E-state index contributed by atoms with van der Waals surface area (Å²) in [4.78, 5) is 2.28. The number of hydrogen-bond donors (Lipinski definition) is 1. The maximum atomic E-state index is 5.66. The monoisotopic (exact) mass is 245 g/mol. The SMILES string of the molecule is CCC(c1nn[nH]n1)N1CCOc2ccccc21. The lowest BCUT2D eigenvalue weighted by atomic mass is 10.1. The third kappa shape index (κ3) is 1.79. The highest BCUT2D eigenvalue weighted by atomic mass is 16.5. The van der Waals surface area contributed by atoms with Gasteiger partial charge in [0.1, 0.15) is 12.4 Å². The zero-order chi connectivity index (χ0) is 12.4. The minimum Gasteiger partial charge on any atom is -0.490 e. The van der Waals surface area contributed by atoms with Crippen molar-refractivity contribution in [1.82, 2.24) is 20.6 Å². The second-order valence-electron chi connectivity index (χ2n) is 4.20. The Balaban J connectivity index is 1.97. The van der Waals surface area contributed by atoms with Gasteiger partial charge in [0.2, 0.25) is 0 Å². The number of anilines is 1. The van der Waals surface area contributed by atoms with Crippen molar-refractivity contribution >= 4 is 5.69 Å². The summed E-state index contributed by atoms with van der Waals surface area (Å²) in [5, 5.41) is 14.4. The predicted molar refractivity (Wildman–Crippen MR) is 66.5 cm³/mol. The molecule has 1 unspecified atom stereocenters. The molecule has 2 heterocycles. The van der Waals surface area contributed by atoms with E-state index in [1.54, 1.807) is 0 Å². The van der Waals surface area contributed by atoms with E-state index in [-0.39, 0.29) is 6.04 Å². The van der Waals surface area contributed by atoms with Crippen LogP contribution in [-0.2, 0) is 0 Å². The zero-order valence-corrected chi connectivity index (χ0v) is 10.2. The molecule has 0 saturated carbocycles. The number of aromatic amines is 1. The van der Waals surface area contributed by atoms with Gasteiger partial charge in [-0.15, -0.1) is 10.2 Å². The topological polar surface area (TPSA) is 66.9 Å². The van der Waals surface area contributed by atoms with E-state index in [1.165, 1.54) is 0 Å². The fraction of sp³-hybridized carbons (Fsp3) is 0.417. The molecule has 6 nitrogen and oxygen atoms in total. The van der Waals surface area contributed by atoms with Gasteiger partial charge in [-0.3, -0.25) is 0 Å². The summed E-state index contributed by atoms with van der Waals surface area (Å²) in [5.74, 6) is 1.65. The van der Waals surface area contributed by atoms with E-state index in [1.807, 2.05) is 18.2 Å². The first-order valence-corrected chi connectivity index (χ1v) is 6.12. The van der Waals surface area contributed by atoms with Gasteiger partial charge >= 0.3 is 0 Å². The summed E-state index contributed by atoms with van der Waals surface area (Å²) in [6, 6.07) is 8.19. The number of para-hydroxylation sites is 2. The smallest absolute Gasteiger partial charge is 0.196 e. The number of tetrazole rings is 1. The zero-order valence-electron chi connectivity index (χ0n) is 10.2. The largest absolute Gasteiger partial charge is 0.490 e. The van der Waals surface area contributed by atoms with Crippen LogP contribution in [0.5, 0.6) is 5.75 Å². The second-order valence-corrected chi connectivity index (χ2v) is 4.20. The summed E-state index contributed by atoms with van der Waals surface area (Å²) in [5.41, 5.74) is 1.10. The number of H-pyrrole nitrogens is 1. The molecule has 0 spiro atoms. The molecular formula is C12H15N5O. The predicted octanol–water partition coefficient (Wildman–Crippen LogP) is 1.55. The normalized spacial score (nSPS) is 15.9. The summed E-state index contributed by atoms with van der Waals surface area (Å²) in [6.45, 7) is 3.65. The minimum absolute atomic E-state index is 0.133. The van der Waals surface area contributed by atoms with Crippen LogP contribution in [-0.4, -0.2) is 33.8 Å². The molecule has 1 N–H and O–H groups in total. The molecule has 2 aromatic rings. The molecule has 1 aromatic heterocycles. The van der Waals surface area contributed by atoms with Crippen LogP contribution in [0.15, 0.2) is 24.3 Å². The maximum absolute atomic E-state index is 5.66. The summed E-state index contributed by atoms with van der Waals surface area (Å²) in [7, 11) is 0. The van der Waals surface area contributed by atoms with Gasteiger partial charge in [-0.2, -0.15) is 5.21 Å². The molecule has 3 rings (SSSR count). The molecule has 0 amide bonds. The van der Waals surface area contributed by atoms with Gasteiger partial charge in [0, 0.05) is 0 Å². The lowest BCUT2D eigenvalue weighted by molar-refractivity contribution is 0.298. The number of benzene rings is 1. The number of fused-ring (bicyclic) bond motifs is 1. The second kappa shape index (κ2) is 4.64. The van der Waals surface area contributed by atoms with Crippen LogP contribution in [0.3, 0.4) is 0 Å². The minimum atomic E-state index is 0.133. The Morgan fingerprint density at radius 1 is 1.44 bits per heavy atom. The van der Waals surface area contributed by atoms with Crippen molar-refractivity contribution in [1.29, 1.82) is 0 Å². The number of rotatable bonds is 3. The summed E-state index contributed by atoms with van der Waals surface area (Å²) >= 11 is 0. The molecule has 0 saturated heterocycles. The van der Waals surface area contributed by atoms with E-state index < -0.39 is 0 Å². The number of ether oxygens (including phenoxy) is 1. The Hall–Kier alpha value is -2.11. The molecule has 1 atom stereocenters. The van der Waals surface area contributed by atoms with Crippen LogP contribution >= 0.6 is 0 Å². The van der Waals surface area contributed by atoms with Crippen molar-refractivity contribution in [3.05, 3.63) is 30.1 Å². The highest BCUT2D eigenvalue weighted by molar-refractivity contribution is 5.60. The van der Waals surface area contributed by atoms with Crippen molar-refractivity contribution in [2.45, 2.75) is 19.4 Å². The van der Waals surface area contributed by atoms with Gasteiger partial charge in [0.05, 0.1) is 18.3 Å². The third-order valence-corrected chi connectivity index (χ3v) is 3.19. The van der Waals surface area contributed by atoms with Crippen LogP contribution < -0.4 is 9.64 Å². The van der Waals surface area contributed by atoms with Gasteiger partial charge in [0.25, 0.3) is 0 Å². The van der Waals surface area contributed by atoms with Crippen LogP contribution in [0.25, 0.3) is 0 Å². The van der Waals surface area contributed by atoms with Crippen LogP contribution in [0.4, 0.5) is 5.69 Å². The van der Waals surface area contributed by atoms with Gasteiger partial charge in [-0.25, -0.2) is 0 Å². The highest BCUT2D eigenvalue weighted by Gasteiger charge is 2.27. The summed E-state index contributed by atoms with van der Waals surface area (Å²) in [6.07, 6.45) is 0.924. The van der Waals surface area contributed by atoms with Gasteiger partial charge in [-0.1, -0.05) is 24.3 Å². The first kappa shape index (κ1) is 11.0.